The summed E-state index contributed by atoms with van der Waals surface area (Å²) in [5, 5.41) is 13.6. The lowest BCUT2D eigenvalue weighted by Crippen LogP contribution is -2.31. The standard InChI is InChI=1S/C23H19ClN6OS/c1-15-19-11-21(32-23(19)30(28-15)18-9-5-8-17(24)10-18)22(31)27-20(12-29-14-25-13-26-29)16-6-3-2-4-7-16/h2-11,13-14,20H,12H2,1H3,(H,27,31). The Morgan fingerprint density at radius 1 is 1.16 bits per heavy atom. The molecule has 5 aromatic rings. The summed E-state index contributed by atoms with van der Waals surface area (Å²) in [6.45, 7) is 2.42. The fourth-order valence-electron chi connectivity index (χ4n) is 3.61. The molecule has 1 unspecified atom stereocenters. The monoisotopic (exact) mass is 462 g/mol. The molecule has 0 fully saturated rings. The number of rotatable bonds is 6. The van der Waals surface area contributed by atoms with Gasteiger partial charge < -0.3 is 5.32 Å². The van der Waals surface area contributed by atoms with Crippen molar-refractivity contribution in [1.82, 2.24) is 29.9 Å². The van der Waals surface area contributed by atoms with Crippen LogP contribution in [-0.4, -0.2) is 30.5 Å². The van der Waals surface area contributed by atoms with Crippen molar-refractivity contribution in [2.75, 3.05) is 0 Å². The fraction of sp³-hybridized carbons (Fsp3) is 0.130. The molecule has 160 valence electrons. The topological polar surface area (TPSA) is 77.6 Å². The van der Waals surface area contributed by atoms with Gasteiger partial charge in [-0.2, -0.15) is 10.2 Å². The Morgan fingerprint density at radius 3 is 2.75 bits per heavy atom. The third kappa shape index (κ3) is 4.02. The Balaban J connectivity index is 1.46. The number of thiophene rings is 1. The summed E-state index contributed by atoms with van der Waals surface area (Å²) in [4.78, 5) is 18.8. The van der Waals surface area contributed by atoms with Crippen LogP contribution in [0.2, 0.25) is 5.02 Å². The van der Waals surface area contributed by atoms with Crippen LogP contribution in [0.4, 0.5) is 0 Å². The number of aryl methyl sites for hydroxylation is 1. The first kappa shape index (κ1) is 20.4. The molecule has 1 amide bonds. The molecule has 3 heterocycles. The van der Waals surface area contributed by atoms with Crippen LogP contribution >= 0.6 is 22.9 Å². The summed E-state index contributed by atoms with van der Waals surface area (Å²) in [5.41, 5.74) is 2.72. The molecular weight excluding hydrogens is 444 g/mol. The van der Waals surface area contributed by atoms with E-state index in [4.69, 9.17) is 11.6 Å². The second-order valence-corrected chi connectivity index (χ2v) is 8.83. The van der Waals surface area contributed by atoms with Gasteiger partial charge in [-0.3, -0.25) is 9.48 Å². The number of nitrogens with zero attached hydrogens (tertiary/aromatic N) is 5. The quantitative estimate of drug-likeness (QED) is 0.392. The molecule has 9 heteroatoms. The van der Waals surface area contributed by atoms with E-state index in [1.165, 1.54) is 17.7 Å². The molecular formula is C23H19ClN6OS. The predicted molar refractivity (Wildman–Crippen MR) is 125 cm³/mol. The molecule has 0 aliphatic rings. The van der Waals surface area contributed by atoms with Gasteiger partial charge in [0.15, 0.2) is 0 Å². The Bertz CT molecular complexity index is 1380. The van der Waals surface area contributed by atoms with Crippen molar-refractivity contribution < 1.29 is 4.79 Å². The second-order valence-electron chi connectivity index (χ2n) is 7.36. The molecule has 0 saturated carbocycles. The normalized spacial score (nSPS) is 12.2. The van der Waals surface area contributed by atoms with Gasteiger partial charge in [-0.1, -0.05) is 48.0 Å². The van der Waals surface area contributed by atoms with Gasteiger partial charge in [-0.25, -0.2) is 9.67 Å². The number of hydrogen-bond acceptors (Lipinski definition) is 5. The Morgan fingerprint density at radius 2 is 2.00 bits per heavy atom. The number of benzene rings is 2. The molecule has 1 N–H and O–H groups in total. The lowest BCUT2D eigenvalue weighted by atomic mass is 10.1. The number of hydrogen-bond donors (Lipinski definition) is 1. The van der Waals surface area contributed by atoms with Crippen LogP contribution in [0.1, 0.15) is 27.0 Å². The summed E-state index contributed by atoms with van der Waals surface area (Å²) in [7, 11) is 0. The number of carbonyl (C=O) groups excluding carboxylic acids is 1. The van der Waals surface area contributed by atoms with E-state index in [0.29, 0.717) is 16.4 Å². The molecule has 5 rings (SSSR count). The molecule has 0 aliphatic heterocycles. The minimum atomic E-state index is -0.249. The smallest absolute Gasteiger partial charge is 0.261 e. The molecule has 3 aromatic heterocycles. The van der Waals surface area contributed by atoms with E-state index in [0.717, 1.165) is 27.2 Å². The molecule has 0 aliphatic carbocycles. The largest absolute Gasteiger partial charge is 0.343 e. The minimum Gasteiger partial charge on any atom is -0.343 e. The highest BCUT2D eigenvalue weighted by atomic mass is 35.5. The first-order chi connectivity index (χ1) is 15.6. The van der Waals surface area contributed by atoms with Crippen LogP contribution < -0.4 is 5.32 Å². The van der Waals surface area contributed by atoms with Gasteiger partial charge >= 0.3 is 0 Å². The van der Waals surface area contributed by atoms with Crippen molar-refractivity contribution in [3.8, 4) is 5.69 Å². The van der Waals surface area contributed by atoms with E-state index in [-0.39, 0.29) is 11.9 Å². The van der Waals surface area contributed by atoms with Crippen molar-refractivity contribution >= 4 is 39.1 Å². The van der Waals surface area contributed by atoms with Crippen molar-refractivity contribution in [3.63, 3.8) is 0 Å². The van der Waals surface area contributed by atoms with Crippen LogP contribution in [0, 0.1) is 6.92 Å². The summed E-state index contributed by atoms with van der Waals surface area (Å²) in [5.74, 6) is -0.141. The van der Waals surface area contributed by atoms with Crippen molar-refractivity contribution in [2.45, 2.75) is 19.5 Å². The van der Waals surface area contributed by atoms with Crippen LogP contribution in [0.25, 0.3) is 15.9 Å². The van der Waals surface area contributed by atoms with Crippen LogP contribution in [0.3, 0.4) is 0 Å². The van der Waals surface area contributed by atoms with Gasteiger partial charge in [0, 0.05) is 10.4 Å². The average molecular weight is 463 g/mol. The highest BCUT2D eigenvalue weighted by Crippen LogP contribution is 2.31. The van der Waals surface area contributed by atoms with Crippen molar-refractivity contribution in [1.29, 1.82) is 0 Å². The predicted octanol–water partition coefficient (Wildman–Crippen LogP) is 4.81. The Hall–Kier alpha value is -3.49. The maximum atomic E-state index is 13.2. The molecule has 0 radical (unpaired) electrons. The zero-order valence-electron chi connectivity index (χ0n) is 17.1. The Labute approximate surface area is 193 Å². The van der Waals surface area contributed by atoms with Crippen LogP contribution in [0.15, 0.2) is 73.3 Å². The second kappa shape index (κ2) is 8.57. The number of nitrogens with one attached hydrogen (secondary N) is 1. The average Bonchev–Trinajstić information content (AvgIpc) is 3.53. The van der Waals surface area contributed by atoms with Crippen molar-refractivity contribution in [3.05, 3.63) is 94.5 Å². The van der Waals surface area contributed by atoms with E-state index in [9.17, 15) is 4.79 Å². The zero-order chi connectivity index (χ0) is 22.1. The fourth-order valence-corrected chi connectivity index (χ4v) is 4.88. The van der Waals surface area contributed by atoms with Gasteiger partial charge in [0.2, 0.25) is 0 Å². The maximum absolute atomic E-state index is 13.2. The van der Waals surface area contributed by atoms with Gasteiger partial charge in [0.1, 0.15) is 17.5 Å². The van der Waals surface area contributed by atoms with E-state index in [2.05, 4.69) is 20.5 Å². The number of carbonyl (C=O) groups is 1. The summed E-state index contributed by atoms with van der Waals surface area (Å²) < 4.78 is 3.55. The lowest BCUT2D eigenvalue weighted by molar-refractivity contribution is 0.0936. The van der Waals surface area contributed by atoms with Gasteiger partial charge in [-0.05, 0) is 36.8 Å². The number of fused-ring (bicyclic) bond motifs is 1. The number of halogens is 1. The summed E-state index contributed by atoms with van der Waals surface area (Å²) >= 11 is 7.58. The van der Waals surface area contributed by atoms with Crippen molar-refractivity contribution in [2.24, 2.45) is 0 Å². The first-order valence-corrected chi connectivity index (χ1v) is 11.2. The van der Waals surface area contributed by atoms with E-state index in [1.807, 2.05) is 72.3 Å². The first-order valence-electron chi connectivity index (χ1n) is 10.0. The molecule has 0 bridgehead atoms. The summed E-state index contributed by atoms with van der Waals surface area (Å²) in [6.07, 6.45) is 3.13. The van der Waals surface area contributed by atoms with E-state index >= 15 is 0 Å². The number of aromatic nitrogens is 5. The molecule has 0 saturated heterocycles. The van der Waals surface area contributed by atoms with Crippen LogP contribution in [0.5, 0.6) is 0 Å². The Kier molecular flexibility index (Phi) is 5.46. The molecule has 2 aromatic carbocycles. The summed E-state index contributed by atoms with van der Waals surface area (Å²) in [6, 6.07) is 19.0. The highest BCUT2D eigenvalue weighted by Gasteiger charge is 2.21. The maximum Gasteiger partial charge on any atom is 0.261 e. The third-order valence-corrected chi connectivity index (χ3v) is 6.51. The lowest BCUT2D eigenvalue weighted by Gasteiger charge is -2.18. The number of amides is 1. The van der Waals surface area contributed by atoms with E-state index in [1.54, 1.807) is 11.0 Å². The molecule has 32 heavy (non-hydrogen) atoms. The van der Waals surface area contributed by atoms with Gasteiger partial charge in [0.05, 0.1) is 28.8 Å². The highest BCUT2D eigenvalue weighted by molar-refractivity contribution is 7.20. The van der Waals surface area contributed by atoms with Gasteiger partial charge in [-0.15, -0.1) is 11.3 Å². The third-order valence-electron chi connectivity index (χ3n) is 5.16. The minimum absolute atomic E-state index is 0.141. The van der Waals surface area contributed by atoms with E-state index < -0.39 is 0 Å². The molecule has 7 nitrogen and oxygen atoms in total. The molecule has 1 atom stereocenters. The van der Waals surface area contributed by atoms with Gasteiger partial charge in [0.25, 0.3) is 5.91 Å². The zero-order valence-corrected chi connectivity index (χ0v) is 18.7. The van der Waals surface area contributed by atoms with Crippen LogP contribution in [-0.2, 0) is 6.54 Å². The molecule has 0 spiro atoms. The SMILES string of the molecule is Cc1nn(-c2cccc(Cl)c2)c2sc(C(=O)NC(Cn3cncn3)c3ccccc3)cc12.